The van der Waals surface area contributed by atoms with Gasteiger partial charge >= 0.3 is 0 Å². The molecule has 0 bridgehead atoms. The normalized spacial score (nSPS) is 13.6. The fourth-order valence-corrected chi connectivity index (χ4v) is 4.77. The van der Waals surface area contributed by atoms with Gasteiger partial charge in [0.1, 0.15) is 0 Å². The van der Waals surface area contributed by atoms with E-state index in [0.717, 1.165) is 24.9 Å². The Kier molecular flexibility index (Phi) is 5.99. The number of para-hydroxylation sites is 1. The van der Waals surface area contributed by atoms with E-state index >= 15 is 0 Å². The average molecular weight is 424 g/mol. The van der Waals surface area contributed by atoms with E-state index in [-0.39, 0.29) is 11.4 Å². The van der Waals surface area contributed by atoms with Crippen molar-refractivity contribution in [2.75, 3.05) is 0 Å². The predicted octanol–water partition coefficient (Wildman–Crippen LogP) is 3.58. The maximum Gasteiger partial charge on any atom is 0.283 e. The van der Waals surface area contributed by atoms with Gasteiger partial charge in [0.2, 0.25) is 5.91 Å². The molecule has 0 atom stereocenters. The Hall–Kier alpha value is -2.93. The molecule has 1 N–H and O–H groups in total. The van der Waals surface area contributed by atoms with Gasteiger partial charge < -0.3 is 0 Å². The molecule has 0 saturated carbocycles. The molecule has 0 spiro atoms. The minimum atomic E-state index is -3.99. The van der Waals surface area contributed by atoms with Gasteiger partial charge in [-0.2, -0.15) is 13.5 Å². The summed E-state index contributed by atoms with van der Waals surface area (Å²) in [5, 5.41) is 3.92. The number of hydrogen-bond acceptors (Lipinski definition) is 4. The summed E-state index contributed by atoms with van der Waals surface area (Å²) in [5.74, 6) is -0.512. The second kappa shape index (κ2) is 8.83. The summed E-state index contributed by atoms with van der Waals surface area (Å²) >= 11 is 0. The smallest absolute Gasteiger partial charge is 0.274 e. The summed E-state index contributed by atoms with van der Waals surface area (Å²) in [5.41, 5.74) is 4.80. The monoisotopic (exact) mass is 423 g/mol. The molecule has 0 fully saturated rings. The van der Waals surface area contributed by atoms with Crippen molar-refractivity contribution in [1.82, 2.24) is 14.5 Å². The van der Waals surface area contributed by atoms with Gasteiger partial charge in [-0.1, -0.05) is 36.4 Å². The number of carbonyl (C=O) groups is 1. The Morgan fingerprint density at radius 1 is 1.00 bits per heavy atom. The van der Waals surface area contributed by atoms with E-state index < -0.39 is 15.9 Å². The van der Waals surface area contributed by atoms with Crippen molar-refractivity contribution < 1.29 is 13.2 Å². The molecule has 156 valence electrons. The maximum absolute atomic E-state index is 12.5. The highest BCUT2D eigenvalue weighted by molar-refractivity contribution is 7.90. The molecule has 1 amide bonds. The van der Waals surface area contributed by atoms with E-state index in [0.29, 0.717) is 6.42 Å². The number of aryl methyl sites for hydroxylation is 3. The van der Waals surface area contributed by atoms with Crippen LogP contribution in [0.5, 0.6) is 0 Å². The zero-order valence-electron chi connectivity index (χ0n) is 16.8. The Balaban J connectivity index is 1.32. The molecular weight excluding hydrogens is 398 g/mol. The third-order valence-corrected chi connectivity index (χ3v) is 6.66. The number of aromatic nitrogens is 2. The molecule has 6 nitrogen and oxygen atoms in total. The first-order valence-electron chi connectivity index (χ1n) is 10.3. The lowest BCUT2D eigenvalue weighted by Crippen LogP contribution is -2.30. The van der Waals surface area contributed by atoms with Gasteiger partial charge in [0.25, 0.3) is 10.0 Å². The summed E-state index contributed by atoms with van der Waals surface area (Å²) in [6.07, 6.45) is 7.82. The van der Waals surface area contributed by atoms with Gasteiger partial charge in [0.05, 0.1) is 5.69 Å². The lowest BCUT2D eigenvalue weighted by Gasteiger charge is -2.16. The first-order valence-corrected chi connectivity index (χ1v) is 11.8. The van der Waals surface area contributed by atoms with Crippen molar-refractivity contribution in [3.05, 3.63) is 77.5 Å². The SMILES string of the molecule is O=C(CCCc1ccc2c(c1)CCCC2)NS(=O)(=O)c1ccn(-c2ccccc2)n1. The topological polar surface area (TPSA) is 81.1 Å². The quantitative estimate of drug-likeness (QED) is 0.630. The molecule has 0 aliphatic heterocycles. The Morgan fingerprint density at radius 2 is 1.77 bits per heavy atom. The van der Waals surface area contributed by atoms with Crippen molar-refractivity contribution in [1.29, 1.82) is 0 Å². The van der Waals surface area contributed by atoms with Crippen LogP contribution in [-0.2, 0) is 34.1 Å². The minimum Gasteiger partial charge on any atom is -0.274 e. The number of benzene rings is 2. The van der Waals surface area contributed by atoms with E-state index in [1.54, 1.807) is 6.20 Å². The van der Waals surface area contributed by atoms with Crippen LogP contribution < -0.4 is 4.72 Å². The van der Waals surface area contributed by atoms with Gasteiger partial charge in [0, 0.05) is 12.6 Å². The average Bonchev–Trinajstić information content (AvgIpc) is 3.25. The van der Waals surface area contributed by atoms with Crippen LogP contribution in [0.2, 0.25) is 0 Å². The van der Waals surface area contributed by atoms with Crippen molar-refractivity contribution in [3.8, 4) is 5.69 Å². The number of sulfonamides is 1. The number of nitrogens with zero attached hydrogens (tertiary/aromatic N) is 2. The Labute approximate surface area is 177 Å². The molecule has 3 aromatic rings. The van der Waals surface area contributed by atoms with E-state index in [4.69, 9.17) is 0 Å². The van der Waals surface area contributed by atoms with Crippen LogP contribution in [0.3, 0.4) is 0 Å². The summed E-state index contributed by atoms with van der Waals surface area (Å²) in [7, 11) is -3.99. The highest BCUT2D eigenvalue weighted by Gasteiger charge is 2.20. The van der Waals surface area contributed by atoms with Crippen molar-refractivity contribution in [2.45, 2.75) is 50.0 Å². The van der Waals surface area contributed by atoms with Crippen molar-refractivity contribution in [2.24, 2.45) is 0 Å². The van der Waals surface area contributed by atoms with Gasteiger partial charge in [-0.15, -0.1) is 0 Å². The minimum absolute atomic E-state index is 0.149. The highest BCUT2D eigenvalue weighted by Crippen LogP contribution is 2.23. The van der Waals surface area contributed by atoms with Crippen molar-refractivity contribution >= 4 is 15.9 Å². The summed E-state index contributed by atoms with van der Waals surface area (Å²) in [6, 6.07) is 17.1. The lowest BCUT2D eigenvalue weighted by molar-refractivity contribution is -0.119. The van der Waals surface area contributed by atoms with Crippen molar-refractivity contribution in [3.63, 3.8) is 0 Å². The fraction of sp³-hybridized carbons (Fsp3) is 0.304. The van der Waals surface area contributed by atoms with E-state index in [1.165, 1.54) is 40.3 Å². The van der Waals surface area contributed by atoms with Crippen LogP contribution in [0.4, 0.5) is 0 Å². The van der Waals surface area contributed by atoms with Gasteiger partial charge in [-0.05, 0) is 73.4 Å². The molecule has 1 aliphatic carbocycles. The van der Waals surface area contributed by atoms with Crippen LogP contribution in [0.1, 0.15) is 42.4 Å². The largest absolute Gasteiger partial charge is 0.283 e. The lowest BCUT2D eigenvalue weighted by atomic mass is 9.89. The first kappa shape index (κ1) is 20.3. The Morgan fingerprint density at radius 3 is 2.57 bits per heavy atom. The second-order valence-electron chi connectivity index (χ2n) is 7.63. The number of carbonyl (C=O) groups excluding carboxylic acids is 1. The summed E-state index contributed by atoms with van der Waals surface area (Å²) < 4.78 is 28.5. The molecule has 0 saturated heterocycles. The maximum atomic E-state index is 12.5. The van der Waals surface area contributed by atoms with Gasteiger partial charge in [-0.3, -0.25) is 4.79 Å². The van der Waals surface area contributed by atoms with Crippen LogP contribution in [0, 0.1) is 0 Å². The third-order valence-electron chi connectivity index (χ3n) is 5.39. The molecule has 30 heavy (non-hydrogen) atoms. The zero-order valence-corrected chi connectivity index (χ0v) is 17.6. The standard InChI is InChI=1S/C23H25N3O3S/c27-22(12-6-7-18-13-14-19-8-4-5-9-20(19)17-18)25-30(28,29)23-15-16-26(24-23)21-10-2-1-3-11-21/h1-3,10-11,13-17H,4-9,12H2,(H,25,27). The number of amides is 1. The molecule has 4 rings (SSSR count). The summed E-state index contributed by atoms with van der Waals surface area (Å²) in [6.45, 7) is 0. The molecule has 0 radical (unpaired) electrons. The van der Waals surface area contributed by atoms with E-state index in [1.807, 2.05) is 30.3 Å². The molecule has 1 aliphatic rings. The number of hydrogen-bond donors (Lipinski definition) is 1. The van der Waals surface area contributed by atoms with Crippen LogP contribution in [0.25, 0.3) is 5.69 Å². The molecule has 7 heteroatoms. The van der Waals surface area contributed by atoms with Crippen LogP contribution in [0.15, 0.2) is 65.8 Å². The Bertz CT molecular complexity index is 1140. The van der Waals surface area contributed by atoms with E-state index in [2.05, 4.69) is 28.0 Å². The second-order valence-corrected chi connectivity index (χ2v) is 9.26. The number of fused-ring (bicyclic) bond motifs is 1. The van der Waals surface area contributed by atoms with Gasteiger partial charge in [0.15, 0.2) is 5.03 Å². The molecule has 0 unspecified atom stereocenters. The zero-order chi connectivity index (χ0) is 21.0. The third kappa shape index (κ3) is 4.79. The molecule has 1 aromatic heterocycles. The summed E-state index contributed by atoms with van der Waals surface area (Å²) in [4.78, 5) is 12.2. The van der Waals surface area contributed by atoms with Crippen LogP contribution >= 0.6 is 0 Å². The van der Waals surface area contributed by atoms with Gasteiger partial charge in [-0.25, -0.2) is 9.40 Å². The molecule has 1 heterocycles. The fourth-order valence-electron chi connectivity index (χ4n) is 3.82. The highest BCUT2D eigenvalue weighted by atomic mass is 32.2. The molecular formula is C23H25N3O3S. The predicted molar refractivity (Wildman–Crippen MR) is 115 cm³/mol. The number of rotatable bonds is 7. The first-order chi connectivity index (χ1) is 14.5. The van der Waals surface area contributed by atoms with Crippen LogP contribution in [-0.4, -0.2) is 24.1 Å². The van der Waals surface area contributed by atoms with E-state index in [9.17, 15) is 13.2 Å². The number of nitrogens with one attached hydrogen (secondary N) is 1. The molecule has 2 aromatic carbocycles.